The summed E-state index contributed by atoms with van der Waals surface area (Å²) in [6.07, 6.45) is 4.27. The lowest BCUT2D eigenvalue weighted by molar-refractivity contribution is 0.0696. The molecule has 0 aliphatic carbocycles. The van der Waals surface area contributed by atoms with Gasteiger partial charge in [-0.2, -0.15) is 0 Å². The molecule has 0 aromatic carbocycles. The first-order valence-corrected chi connectivity index (χ1v) is 6.56. The van der Waals surface area contributed by atoms with Gasteiger partial charge in [-0.1, -0.05) is 11.6 Å². The van der Waals surface area contributed by atoms with E-state index in [1.807, 2.05) is 0 Å². The number of fused-ring (bicyclic) bond motifs is 1. The number of carbonyl (C=O) groups is 1. The Kier molecular flexibility index (Phi) is 3.25. The number of carboxylic acids is 1. The van der Waals surface area contributed by atoms with E-state index in [9.17, 15) is 4.79 Å². The fourth-order valence-corrected chi connectivity index (χ4v) is 2.73. The average Bonchev–Trinajstić information content (AvgIpc) is 2.90. The van der Waals surface area contributed by atoms with Crippen LogP contribution >= 0.6 is 23.4 Å². The van der Waals surface area contributed by atoms with Crippen LogP contribution in [0.3, 0.4) is 0 Å². The highest BCUT2D eigenvalue weighted by Gasteiger charge is 2.16. The molecule has 3 rings (SSSR count). The topological polar surface area (TPSA) is 105 Å². The molecule has 0 fully saturated rings. The SMILES string of the molecule is O=C(O)c1ccnc(Sc2ncnc3nc[nH]c23)c1Cl. The van der Waals surface area contributed by atoms with E-state index < -0.39 is 5.97 Å². The molecule has 7 nitrogen and oxygen atoms in total. The Morgan fingerprint density at radius 1 is 1.25 bits per heavy atom. The first-order valence-electron chi connectivity index (χ1n) is 5.36. The number of aromatic carboxylic acids is 1. The zero-order valence-electron chi connectivity index (χ0n) is 9.74. The molecule has 3 heterocycles. The number of carboxylic acid groups (broad SMARTS) is 1. The molecule has 0 atom stereocenters. The highest BCUT2D eigenvalue weighted by atomic mass is 35.5. The summed E-state index contributed by atoms with van der Waals surface area (Å²) in [5.74, 6) is -1.10. The second-order valence-corrected chi connectivity index (χ2v) is 5.02. The summed E-state index contributed by atoms with van der Waals surface area (Å²) in [5, 5.41) is 10.0. The van der Waals surface area contributed by atoms with Crippen molar-refractivity contribution in [2.24, 2.45) is 0 Å². The van der Waals surface area contributed by atoms with E-state index in [-0.39, 0.29) is 10.6 Å². The van der Waals surface area contributed by atoms with Crippen molar-refractivity contribution in [1.29, 1.82) is 0 Å². The average molecular weight is 308 g/mol. The van der Waals surface area contributed by atoms with Crippen LogP contribution in [0.1, 0.15) is 10.4 Å². The molecule has 0 radical (unpaired) electrons. The number of hydrogen-bond donors (Lipinski definition) is 2. The number of nitrogens with one attached hydrogen (secondary N) is 1. The third-order valence-electron chi connectivity index (χ3n) is 2.47. The lowest BCUT2D eigenvalue weighted by Gasteiger charge is -2.05. The minimum Gasteiger partial charge on any atom is -0.478 e. The van der Waals surface area contributed by atoms with E-state index in [4.69, 9.17) is 16.7 Å². The maximum absolute atomic E-state index is 11.0. The van der Waals surface area contributed by atoms with Gasteiger partial charge in [-0.05, 0) is 17.8 Å². The van der Waals surface area contributed by atoms with Crippen molar-refractivity contribution >= 4 is 40.5 Å². The summed E-state index contributed by atoms with van der Waals surface area (Å²) in [7, 11) is 0. The van der Waals surface area contributed by atoms with Crippen LogP contribution in [0, 0.1) is 0 Å². The normalized spacial score (nSPS) is 10.8. The maximum atomic E-state index is 11.0. The lowest BCUT2D eigenvalue weighted by Crippen LogP contribution is -1.99. The predicted octanol–water partition coefficient (Wildman–Crippen LogP) is 2.25. The molecule has 0 saturated heterocycles. The molecule has 0 aliphatic rings. The smallest absolute Gasteiger partial charge is 0.337 e. The Hall–Kier alpha value is -2.19. The highest BCUT2D eigenvalue weighted by molar-refractivity contribution is 7.99. The van der Waals surface area contributed by atoms with Crippen LogP contribution in [0.25, 0.3) is 11.2 Å². The van der Waals surface area contributed by atoms with Gasteiger partial charge >= 0.3 is 5.97 Å². The Morgan fingerprint density at radius 2 is 2.10 bits per heavy atom. The first-order chi connectivity index (χ1) is 9.66. The molecule has 0 unspecified atom stereocenters. The third-order valence-corrected chi connectivity index (χ3v) is 3.97. The molecule has 20 heavy (non-hydrogen) atoms. The van der Waals surface area contributed by atoms with E-state index in [0.29, 0.717) is 21.2 Å². The van der Waals surface area contributed by atoms with Crippen molar-refractivity contribution in [1.82, 2.24) is 24.9 Å². The largest absolute Gasteiger partial charge is 0.478 e. The van der Waals surface area contributed by atoms with Gasteiger partial charge in [0.2, 0.25) is 0 Å². The first kappa shape index (κ1) is 12.8. The number of H-pyrrole nitrogens is 1. The minimum absolute atomic E-state index is 0.000854. The van der Waals surface area contributed by atoms with Gasteiger partial charge in [0.05, 0.1) is 16.9 Å². The number of pyridine rings is 1. The fraction of sp³-hybridized carbons (Fsp3) is 0. The Bertz CT molecular complexity index is 806. The van der Waals surface area contributed by atoms with Crippen LogP contribution in [0.4, 0.5) is 0 Å². The molecule has 0 spiro atoms. The van der Waals surface area contributed by atoms with E-state index in [0.717, 1.165) is 11.8 Å². The van der Waals surface area contributed by atoms with Crippen LogP contribution in [0.2, 0.25) is 5.02 Å². The van der Waals surface area contributed by atoms with E-state index in [1.165, 1.54) is 24.9 Å². The summed E-state index contributed by atoms with van der Waals surface area (Å²) in [4.78, 5) is 30.2. The molecule has 0 bridgehead atoms. The molecular formula is C11H6ClN5O2S. The summed E-state index contributed by atoms with van der Waals surface area (Å²) >= 11 is 7.20. The van der Waals surface area contributed by atoms with Crippen molar-refractivity contribution < 1.29 is 9.90 Å². The number of halogens is 1. The second-order valence-electron chi connectivity index (χ2n) is 3.66. The number of aromatic nitrogens is 5. The lowest BCUT2D eigenvalue weighted by atomic mass is 10.3. The standard InChI is InChI=1S/C11H6ClN5O2S/c12-6-5(11(18)19)1-2-13-9(6)20-10-7-8(15-3-14-7)16-4-17-10/h1-4H,(H,18,19)(H,14,15,16,17). The summed E-state index contributed by atoms with van der Waals surface area (Å²) < 4.78 is 0. The maximum Gasteiger partial charge on any atom is 0.337 e. The Balaban J connectivity index is 2.05. The molecular weight excluding hydrogens is 302 g/mol. The van der Waals surface area contributed by atoms with Crippen molar-refractivity contribution in [3.05, 3.63) is 35.5 Å². The third kappa shape index (κ3) is 2.19. The predicted molar refractivity (Wildman–Crippen MR) is 72.0 cm³/mol. The summed E-state index contributed by atoms with van der Waals surface area (Å²) in [6, 6.07) is 1.35. The van der Waals surface area contributed by atoms with E-state index in [1.54, 1.807) is 0 Å². The Morgan fingerprint density at radius 3 is 2.90 bits per heavy atom. The minimum atomic E-state index is -1.10. The zero-order valence-corrected chi connectivity index (χ0v) is 11.3. The van der Waals surface area contributed by atoms with Gasteiger partial charge in [0.25, 0.3) is 0 Å². The van der Waals surface area contributed by atoms with Crippen LogP contribution < -0.4 is 0 Å². The molecule has 3 aromatic heterocycles. The number of rotatable bonds is 3. The molecule has 0 amide bonds. The van der Waals surface area contributed by atoms with Crippen molar-refractivity contribution in [2.45, 2.75) is 10.1 Å². The summed E-state index contributed by atoms with van der Waals surface area (Å²) in [5.41, 5.74) is 1.17. The molecule has 9 heteroatoms. The second kappa shape index (κ2) is 5.06. The fourth-order valence-electron chi connectivity index (χ4n) is 1.57. The van der Waals surface area contributed by atoms with Crippen LogP contribution in [0.15, 0.2) is 35.0 Å². The number of imidazole rings is 1. The van der Waals surface area contributed by atoms with Gasteiger partial charge in [0.1, 0.15) is 21.9 Å². The van der Waals surface area contributed by atoms with Gasteiger partial charge in [0.15, 0.2) is 5.65 Å². The Labute approximate surface area is 121 Å². The van der Waals surface area contributed by atoms with E-state index >= 15 is 0 Å². The molecule has 0 aliphatic heterocycles. The van der Waals surface area contributed by atoms with Crippen molar-refractivity contribution in [2.75, 3.05) is 0 Å². The van der Waals surface area contributed by atoms with Gasteiger partial charge in [-0.25, -0.2) is 24.7 Å². The van der Waals surface area contributed by atoms with Crippen LogP contribution in [-0.4, -0.2) is 36.0 Å². The molecule has 0 saturated carbocycles. The van der Waals surface area contributed by atoms with Gasteiger partial charge in [0, 0.05) is 6.20 Å². The molecule has 3 aromatic rings. The van der Waals surface area contributed by atoms with Crippen LogP contribution in [-0.2, 0) is 0 Å². The number of nitrogens with zero attached hydrogens (tertiary/aromatic N) is 4. The van der Waals surface area contributed by atoms with Crippen LogP contribution in [0.5, 0.6) is 0 Å². The van der Waals surface area contributed by atoms with E-state index in [2.05, 4.69) is 24.9 Å². The molecule has 2 N–H and O–H groups in total. The van der Waals surface area contributed by atoms with Gasteiger partial charge in [-0.3, -0.25) is 0 Å². The van der Waals surface area contributed by atoms with Crippen molar-refractivity contribution in [3.8, 4) is 0 Å². The highest BCUT2D eigenvalue weighted by Crippen LogP contribution is 2.34. The van der Waals surface area contributed by atoms with Crippen molar-refractivity contribution in [3.63, 3.8) is 0 Å². The zero-order chi connectivity index (χ0) is 14.1. The monoisotopic (exact) mass is 307 g/mol. The molecule has 100 valence electrons. The quantitative estimate of drug-likeness (QED) is 0.715. The number of hydrogen-bond acceptors (Lipinski definition) is 6. The van der Waals surface area contributed by atoms with Gasteiger partial charge < -0.3 is 10.1 Å². The summed E-state index contributed by atoms with van der Waals surface area (Å²) in [6.45, 7) is 0. The van der Waals surface area contributed by atoms with Gasteiger partial charge in [-0.15, -0.1) is 0 Å². The number of aromatic amines is 1.